The molecule has 0 bridgehead atoms. The van der Waals surface area contributed by atoms with Crippen LogP contribution in [0.25, 0.3) is 6.08 Å². The summed E-state index contributed by atoms with van der Waals surface area (Å²) in [7, 11) is 0. The van der Waals surface area contributed by atoms with Gasteiger partial charge in [-0.25, -0.2) is 10.5 Å². The lowest BCUT2D eigenvalue weighted by molar-refractivity contribution is -0.124. The highest BCUT2D eigenvalue weighted by Gasteiger charge is 2.20. The number of pyridine rings is 1. The summed E-state index contributed by atoms with van der Waals surface area (Å²) in [5.74, 6) is 0.0292. The standard InChI is InChI=1S/C20H22Cl2N4O2.2ClH/c21-16-3-1-2-15(10-16)13-26-8-6-17(7-9-26)24-20-18(22)11-14(12-23-20)4-5-19(27)25-28;;/h1-5,10-12,17,28H,6-9,13H2,(H,23,24)(H,25,27);2*1H/b5-4+;;. The van der Waals surface area contributed by atoms with E-state index in [0.717, 1.165) is 37.5 Å². The summed E-state index contributed by atoms with van der Waals surface area (Å²) in [5.41, 5.74) is 3.44. The molecule has 1 aromatic carbocycles. The van der Waals surface area contributed by atoms with Crippen LogP contribution in [0.1, 0.15) is 24.0 Å². The summed E-state index contributed by atoms with van der Waals surface area (Å²) in [6, 6.07) is 10.0. The van der Waals surface area contributed by atoms with Crippen LogP contribution in [0, 0.1) is 0 Å². The van der Waals surface area contributed by atoms with Crippen LogP contribution in [0.3, 0.4) is 0 Å². The van der Waals surface area contributed by atoms with Gasteiger partial charge in [-0.1, -0.05) is 35.3 Å². The van der Waals surface area contributed by atoms with Gasteiger partial charge in [-0.2, -0.15) is 0 Å². The molecule has 0 saturated carbocycles. The van der Waals surface area contributed by atoms with E-state index in [4.69, 9.17) is 28.4 Å². The van der Waals surface area contributed by atoms with E-state index in [0.29, 0.717) is 22.4 Å². The maximum atomic E-state index is 11.0. The van der Waals surface area contributed by atoms with Crippen molar-refractivity contribution in [3.05, 3.63) is 63.8 Å². The molecule has 3 rings (SSSR count). The number of likely N-dealkylation sites (tertiary alicyclic amines) is 1. The molecule has 0 atom stereocenters. The normalized spacial score (nSPS) is 14.6. The summed E-state index contributed by atoms with van der Waals surface area (Å²) in [5, 5.41) is 13.2. The summed E-state index contributed by atoms with van der Waals surface area (Å²) in [4.78, 5) is 17.8. The Morgan fingerprint density at radius 2 is 1.97 bits per heavy atom. The SMILES string of the molecule is Cl.Cl.O=C(/C=C/c1cnc(NC2CCN(Cc3cccc(Cl)c3)CC2)c(Cl)c1)NO. The van der Waals surface area contributed by atoms with Crippen molar-refractivity contribution in [3.63, 3.8) is 0 Å². The number of hydrogen-bond donors (Lipinski definition) is 3. The van der Waals surface area contributed by atoms with Gasteiger partial charge >= 0.3 is 0 Å². The second kappa shape index (κ2) is 13.0. The fourth-order valence-electron chi connectivity index (χ4n) is 3.18. The Hall–Kier alpha value is -1.54. The van der Waals surface area contributed by atoms with Crippen molar-refractivity contribution < 1.29 is 10.0 Å². The molecule has 3 N–H and O–H groups in total. The smallest absolute Gasteiger partial charge is 0.267 e. The molecule has 30 heavy (non-hydrogen) atoms. The van der Waals surface area contributed by atoms with E-state index in [9.17, 15) is 4.79 Å². The van der Waals surface area contributed by atoms with E-state index >= 15 is 0 Å². The van der Waals surface area contributed by atoms with Gasteiger partial charge in [0, 0.05) is 43.0 Å². The lowest BCUT2D eigenvalue weighted by Gasteiger charge is -2.32. The highest BCUT2D eigenvalue weighted by molar-refractivity contribution is 6.33. The Morgan fingerprint density at radius 1 is 1.23 bits per heavy atom. The molecule has 6 nitrogen and oxygen atoms in total. The minimum atomic E-state index is -0.608. The van der Waals surface area contributed by atoms with Gasteiger partial charge in [0.15, 0.2) is 0 Å². The van der Waals surface area contributed by atoms with Crippen molar-refractivity contribution in [2.45, 2.75) is 25.4 Å². The molecule has 2 aromatic rings. The predicted octanol–water partition coefficient (Wildman–Crippen LogP) is 4.83. The van der Waals surface area contributed by atoms with E-state index < -0.39 is 5.91 Å². The molecule has 1 aliphatic heterocycles. The first-order valence-corrected chi connectivity index (χ1v) is 9.80. The molecule has 0 unspecified atom stereocenters. The van der Waals surface area contributed by atoms with E-state index in [1.54, 1.807) is 12.3 Å². The van der Waals surface area contributed by atoms with Crippen molar-refractivity contribution in [2.75, 3.05) is 18.4 Å². The Morgan fingerprint density at radius 3 is 2.60 bits per heavy atom. The number of carbonyl (C=O) groups is 1. The Balaban J connectivity index is 0.00000225. The fourth-order valence-corrected chi connectivity index (χ4v) is 3.62. The van der Waals surface area contributed by atoms with E-state index in [1.165, 1.54) is 23.2 Å². The van der Waals surface area contributed by atoms with Crippen LogP contribution in [0.5, 0.6) is 0 Å². The van der Waals surface area contributed by atoms with Crippen molar-refractivity contribution in [2.24, 2.45) is 0 Å². The van der Waals surface area contributed by atoms with Crippen molar-refractivity contribution in [1.29, 1.82) is 0 Å². The highest BCUT2D eigenvalue weighted by Crippen LogP contribution is 2.24. The van der Waals surface area contributed by atoms with Gasteiger partial charge in [-0.15, -0.1) is 24.8 Å². The van der Waals surface area contributed by atoms with Gasteiger partial charge in [0.1, 0.15) is 5.82 Å². The van der Waals surface area contributed by atoms with Gasteiger partial charge in [-0.05, 0) is 48.2 Å². The zero-order valence-electron chi connectivity index (χ0n) is 16.1. The summed E-state index contributed by atoms with van der Waals surface area (Å²) >= 11 is 12.4. The number of nitrogens with one attached hydrogen (secondary N) is 2. The second-order valence-corrected chi connectivity index (χ2v) is 7.58. The van der Waals surface area contributed by atoms with Crippen LogP contribution in [-0.2, 0) is 11.3 Å². The number of halogens is 4. The van der Waals surface area contributed by atoms with Crippen LogP contribution in [0.2, 0.25) is 10.0 Å². The van der Waals surface area contributed by atoms with Crippen LogP contribution in [0.15, 0.2) is 42.6 Å². The van der Waals surface area contributed by atoms with Gasteiger partial charge in [0.05, 0.1) is 5.02 Å². The van der Waals surface area contributed by atoms with Crippen LogP contribution < -0.4 is 10.8 Å². The Labute approximate surface area is 198 Å². The number of amides is 1. The van der Waals surface area contributed by atoms with Crippen molar-refractivity contribution in [1.82, 2.24) is 15.4 Å². The maximum Gasteiger partial charge on any atom is 0.267 e. The molecule has 1 aromatic heterocycles. The largest absolute Gasteiger partial charge is 0.366 e. The number of hydrogen-bond acceptors (Lipinski definition) is 5. The van der Waals surface area contributed by atoms with Crippen LogP contribution >= 0.6 is 48.0 Å². The molecule has 164 valence electrons. The van der Waals surface area contributed by atoms with Crippen molar-refractivity contribution in [3.8, 4) is 0 Å². The average Bonchev–Trinajstić information content (AvgIpc) is 2.69. The lowest BCUT2D eigenvalue weighted by Crippen LogP contribution is -2.38. The minimum absolute atomic E-state index is 0. The number of rotatable bonds is 6. The quantitative estimate of drug-likeness (QED) is 0.305. The minimum Gasteiger partial charge on any atom is -0.366 e. The molecule has 1 saturated heterocycles. The first-order chi connectivity index (χ1) is 13.5. The zero-order valence-corrected chi connectivity index (χ0v) is 19.2. The third kappa shape index (κ3) is 7.95. The number of nitrogens with zero attached hydrogens (tertiary/aromatic N) is 2. The average molecular weight is 494 g/mol. The fraction of sp³-hybridized carbons (Fsp3) is 0.300. The van der Waals surface area contributed by atoms with Crippen LogP contribution in [-0.4, -0.2) is 40.1 Å². The summed E-state index contributed by atoms with van der Waals surface area (Å²) in [6.07, 6.45) is 6.36. The molecule has 1 aliphatic rings. The van der Waals surface area contributed by atoms with E-state index in [1.807, 2.05) is 18.2 Å². The molecular formula is C20H24Cl4N4O2. The third-order valence-corrected chi connectivity index (χ3v) is 5.15. The predicted molar refractivity (Wildman–Crippen MR) is 126 cm³/mol. The van der Waals surface area contributed by atoms with Gasteiger partial charge in [-0.3, -0.25) is 14.9 Å². The summed E-state index contributed by atoms with van der Waals surface area (Å²) < 4.78 is 0. The number of anilines is 1. The number of benzene rings is 1. The first-order valence-electron chi connectivity index (χ1n) is 9.04. The molecule has 1 fully saturated rings. The second-order valence-electron chi connectivity index (χ2n) is 6.73. The monoisotopic (exact) mass is 492 g/mol. The number of piperidine rings is 1. The maximum absolute atomic E-state index is 11.0. The Kier molecular flexibility index (Phi) is 11.5. The number of carbonyl (C=O) groups excluding carboxylic acids is 1. The zero-order chi connectivity index (χ0) is 19.9. The van der Waals surface area contributed by atoms with Crippen molar-refractivity contribution >= 4 is 65.8 Å². The molecule has 10 heteroatoms. The Bertz CT molecular complexity index is 858. The molecule has 0 aliphatic carbocycles. The van der Waals surface area contributed by atoms with Crippen LogP contribution in [0.4, 0.5) is 5.82 Å². The number of aromatic nitrogens is 1. The molecular weight excluding hydrogens is 470 g/mol. The van der Waals surface area contributed by atoms with Gasteiger partial charge in [0.25, 0.3) is 5.91 Å². The number of hydroxylamine groups is 1. The molecule has 2 heterocycles. The van der Waals surface area contributed by atoms with E-state index in [-0.39, 0.29) is 24.8 Å². The molecule has 0 spiro atoms. The first kappa shape index (κ1) is 26.5. The topological polar surface area (TPSA) is 77.5 Å². The lowest BCUT2D eigenvalue weighted by atomic mass is 10.0. The third-order valence-electron chi connectivity index (χ3n) is 4.62. The molecule has 0 radical (unpaired) electrons. The van der Waals surface area contributed by atoms with Gasteiger partial charge < -0.3 is 5.32 Å². The summed E-state index contributed by atoms with van der Waals surface area (Å²) in [6.45, 7) is 2.87. The van der Waals surface area contributed by atoms with Gasteiger partial charge in [0.2, 0.25) is 0 Å². The van der Waals surface area contributed by atoms with E-state index in [2.05, 4.69) is 21.3 Å². The highest BCUT2D eigenvalue weighted by atomic mass is 35.5. The molecule has 1 amide bonds.